The van der Waals surface area contributed by atoms with Gasteiger partial charge in [-0.25, -0.2) is 4.79 Å². The number of carbonyl (C=O) groups excluding carboxylic acids is 1. The molecule has 0 saturated carbocycles. The third-order valence-electron chi connectivity index (χ3n) is 17.6. The molecule has 6 aliphatic rings. The Morgan fingerprint density at radius 2 is 1.23 bits per heavy atom. The van der Waals surface area contributed by atoms with Crippen LogP contribution in [0.3, 0.4) is 0 Å². The molecule has 6 aliphatic carbocycles. The summed E-state index contributed by atoms with van der Waals surface area (Å²) in [6.45, 7) is 33.7. The van der Waals surface area contributed by atoms with Crippen LogP contribution in [-0.4, -0.2) is 11.1 Å². The summed E-state index contributed by atoms with van der Waals surface area (Å²) in [5, 5.41) is 9.81. The summed E-state index contributed by atoms with van der Waals surface area (Å²) >= 11 is 0. The van der Waals surface area contributed by atoms with Gasteiger partial charge < -0.3 is 9.84 Å². The van der Waals surface area contributed by atoms with Crippen molar-refractivity contribution in [3.8, 4) is 11.1 Å². The fourth-order valence-electron chi connectivity index (χ4n) is 13.5. The molecule has 0 bridgehead atoms. The second kappa shape index (κ2) is 17.2. The van der Waals surface area contributed by atoms with Crippen molar-refractivity contribution in [2.75, 3.05) is 0 Å². The fourth-order valence-corrected chi connectivity index (χ4v) is 13.5. The molecule has 0 spiro atoms. The number of hydrogen-bond acceptors (Lipinski definition) is 3. The highest BCUT2D eigenvalue weighted by Gasteiger charge is 2.42. The first-order valence-electron chi connectivity index (χ1n) is 26.2. The maximum atomic E-state index is 12.7. The van der Waals surface area contributed by atoms with Gasteiger partial charge >= 0.3 is 5.97 Å². The highest BCUT2D eigenvalue weighted by Crippen LogP contribution is 2.56. The zero-order valence-corrected chi connectivity index (χ0v) is 44.3. The Morgan fingerprint density at radius 3 is 1.97 bits per heavy atom. The second-order valence-corrected chi connectivity index (χ2v) is 23.6. The van der Waals surface area contributed by atoms with Crippen molar-refractivity contribution in [2.45, 2.75) is 122 Å². The summed E-state index contributed by atoms with van der Waals surface area (Å²) in [6.07, 6.45) is 17.2. The second-order valence-electron chi connectivity index (χ2n) is 23.6. The Labute approximate surface area is 433 Å². The van der Waals surface area contributed by atoms with Gasteiger partial charge in [0.05, 0.1) is 11.8 Å². The third-order valence-corrected chi connectivity index (χ3v) is 17.6. The van der Waals surface area contributed by atoms with Crippen LogP contribution in [0.2, 0.25) is 0 Å². The van der Waals surface area contributed by atoms with Crippen molar-refractivity contribution in [3.63, 3.8) is 0 Å². The number of fused-ring (bicyclic) bond motifs is 8. The molecule has 366 valence electrons. The molecule has 0 amide bonds. The molecule has 0 radical (unpaired) electrons. The van der Waals surface area contributed by atoms with E-state index in [2.05, 4.69) is 209 Å². The van der Waals surface area contributed by atoms with E-state index in [0.717, 1.165) is 65.2 Å². The lowest BCUT2D eigenvalue weighted by Gasteiger charge is -2.27. The van der Waals surface area contributed by atoms with Gasteiger partial charge in [-0.3, -0.25) is 0 Å². The minimum atomic E-state index is -0.638. The molecule has 3 heteroatoms. The molecule has 11 rings (SSSR count). The number of aliphatic hydroxyl groups excluding tert-OH is 1. The Kier molecular flexibility index (Phi) is 11.3. The van der Waals surface area contributed by atoms with Crippen molar-refractivity contribution in [3.05, 3.63) is 254 Å². The lowest BCUT2D eigenvalue weighted by Crippen LogP contribution is -2.18. The van der Waals surface area contributed by atoms with E-state index in [9.17, 15) is 9.90 Å². The maximum absolute atomic E-state index is 12.7. The summed E-state index contributed by atoms with van der Waals surface area (Å²) in [4.78, 5) is 12.7. The monoisotopic (exact) mass is 957 g/mol. The lowest BCUT2D eigenvalue weighted by molar-refractivity contribution is -0.134. The molecule has 5 aromatic rings. The molecule has 0 aromatic heterocycles. The molecule has 1 N–H and O–H groups in total. The Bertz CT molecular complexity index is 3530. The highest BCUT2D eigenvalue weighted by atomic mass is 16.5. The molecule has 1 unspecified atom stereocenters. The van der Waals surface area contributed by atoms with Crippen LogP contribution in [0.1, 0.15) is 162 Å². The average Bonchev–Trinajstić information content (AvgIpc) is 3.91. The van der Waals surface area contributed by atoms with Crippen LogP contribution in [0.25, 0.3) is 39.0 Å². The predicted octanol–water partition coefficient (Wildman–Crippen LogP) is 17.9. The van der Waals surface area contributed by atoms with Crippen molar-refractivity contribution < 1.29 is 14.6 Å². The van der Waals surface area contributed by atoms with Crippen LogP contribution in [0.5, 0.6) is 0 Å². The Balaban J connectivity index is 0.874. The van der Waals surface area contributed by atoms with Gasteiger partial charge in [0.15, 0.2) is 0 Å². The number of carbonyl (C=O) groups is 1. The molecular formula is C70H68O3. The first-order valence-corrected chi connectivity index (χ1v) is 26.2. The summed E-state index contributed by atoms with van der Waals surface area (Å²) in [6, 6.07) is 38.5. The van der Waals surface area contributed by atoms with Crippen LogP contribution in [0.15, 0.2) is 193 Å². The molecule has 1 atom stereocenters. The first kappa shape index (κ1) is 48.1. The Morgan fingerprint density at radius 1 is 0.644 bits per heavy atom. The van der Waals surface area contributed by atoms with Crippen LogP contribution in [0, 0.1) is 0 Å². The summed E-state index contributed by atoms with van der Waals surface area (Å²) in [5.41, 5.74) is 27.9. The quantitative estimate of drug-likeness (QED) is 0.0862. The fraction of sp³-hybridized carbons (Fsp3) is 0.271. The minimum absolute atomic E-state index is 0.00455. The summed E-state index contributed by atoms with van der Waals surface area (Å²) in [5.74, 6) is -0.562. The van der Waals surface area contributed by atoms with E-state index < -0.39 is 5.97 Å². The SMILES string of the molecule is C=C(CC(/C=C/C1=CC2=C(CC1)c1ccc(C3=CC4=C(CC3)c3ccccc3C4(C)C)cc1C2(C)C)c1ccc2c(c1)C(C)(C)/C(=C/C(=C)c1ccc3c(c1)C(C)(C)c1ccccc1-3)C2=C)OC(=O)/C=C(/C)O. The van der Waals surface area contributed by atoms with E-state index in [1.807, 2.05) is 0 Å². The molecule has 3 nitrogen and oxygen atoms in total. The van der Waals surface area contributed by atoms with E-state index >= 15 is 0 Å². The van der Waals surface area contributed by atoms with Gasteiger partial charge in [0, 0.05) is 34.0 Å². The molecule has 73 heavy (non-hydrogen) atoms. The van der Waals surface area contributed by atoms with Gasteiger partial charge in [-0.15, -0.1) is 0 Å². The maximum Gasteiger partial charge on any atom is 0.339 e. The van der Waals surface area contributed by atoms with Gasteiger partial charge in [-0.05, 0) is 167 Å². The normalized spacial score (nSPS) is 20.2. The van der Waals surface area contributed by atoms with E-state index in [-0.39, 0.29) is 33.3 Å². The smallest absolute Gasteiger partial charge is 0.339 e. The lowest BCUT2D eigenvalue weighted by atomic mass is 9.76. The number of allylic oxidation sites excluding steroid dienone is 16. The summed E-state index contributed by atoms with van der Waals surface area (Å²) in [7, 11) is 0. The number of esters is 1. The number of rotatable bonds is 10. The highest BCUT2D eigenvalue weighted by molar-refractivity contribution is 5.94. The molecule has 5 aromatic carbocycles. The van der Waals surface area contributed by atoms with Crippen molar-refractivity contribution >= 4 is 33.8 Å². The van der Waals surface area contributed by atoms with Gasteiger partial charge in [0.2, 0.25) is 0 Å². The topological polar surface area (TPSA) is 46.5 Å². The largest absolute Gasteiger partial charge is 0.512 e. The van der Waals surface area contributed by atoms with Crippen LogP contribution in [-0.2, 0) is 31.2 Å². The van der Waals surface area contributed by atoms with Crippen LogP contribution in [0.4, 0.5) is 0 Å². The zero-order chi connectivity index (χ0) is 51.5. The van der Waals surface area contributed by atoms with Crippen LogP contribution < -0.4 is 0 Å². The molecule has 0 saturated heterocycles. The number of ether oxygens (including phenoxy) is 1. The van der Waals surface area contributed by atoms with Gasteiger partial charge in [-0.1, -0.05) is 197 Å². The van der Waals surface area contributed by atoms with Crippen molar-refractivity contribution in [1.82, 2.24) is 0 Å². The number of benzene rings is 5. The molecule has 0 fully saturated rings. The summed E-state index contributed by atoms with van der Waals surface area (Å²) < 4.78 is 5.67. The Hall–Kier alpha value is -7.23. The zero-order valence-electron chi connectivity index (χ0n) is 44.3. The van der Waals surface area contributed by atoms with E-state index in [1.165, 1.54) is 96.0 Å². The van der Waals surface area contributed by atoms with Gasteiger partial charge in [0.1, 0.15) is 5.76 Å². The molecule has 0 heterocycles. The standard InChI is InChI=1S/C70H68O3/c1-41(46-24-30-55-52-17-13-15-19-58(52)67(5,6)63(55)37-46)33-60-44(4)51-29-25-48(38-62(51)69(60,9)10)47(35-43(3)73-66(72)34-42(2)71)23-21-45-22-28-54-57-32-27-50(40-65(57)70(11,12)61(54)36-45)49-26-31-56-53-18-14-16-20-59(53)68(7,8)64(56)39-49/h13-21,23-25,27,29-30,32-34,36-40,47,71H,1,3-4,22,26,28,31,35H2,2,5-12H3/b23-21+,42-34-,60-33+. The van der Waals surface area contributed by atoms with Crippen LogP contribution >= 0.6 is 0 Å². The number of hydrogen-bond donors (Lipinski definition) is 1. The van der Waals surface area contributed by atoms with Gasteiger partial charge in [-0.2, -0.15) is 0 Å². The number of aliphatic hydroxyl groups is 1. The first-order chi connectivity index (χ1) is 34.7. The van der Waals surface area contributed by atoms with Crippen molar-refractivity contribution in [1.29, 1.82) is 0 Å². The van der Waals surface area contributed by atoms with E-state index in [0.29, 0.717) is 12.2 Å². The molecular weight excluding hydrogens is 889 g/mol. The average molecular weight is 957 g/mol. The predicted molar refractivity (Wildman–Crippen MR) is 305 cm³/mol. The van der Waals surface area contributed by atoms with Crippen molar-refractivity contribution in [2.24, 2.45) is 0 Å². The van der Waals surface area contributed by atoms with Gasteiger partial charge in [0.25, 0.3) is 0 Å². The van der Waals surface area contributed by atoms with E-state index in [4.69, 9.17) is 4.74 Å². The third kappa shape index (κ3) is 7.81. The molecule has 0 aliphatic heterocycles. The van der Waals surface area contributed by atoms with E-state index in [1.54, 1.807) is 0 Å². The minimum Gasteiger partial charge on any atom is -0.512 e.